The Morgan fingerprint density at radius 1 is 0.750 bits per heavy atom. The minimum absolute atomic E-state index is 0. The van der Waals surface area contributed by atoms with Crippen LogP contribution in [0.15, 0.2) is 54.6 Å². The van der Waals surface area contributed by atoms with Crippen LogP contribution in [0.3, 0.4) is 0 Å². The largest absolute Gasteiger partial charge is 0.377 e. The summed E-state index contributed by atoms with van der Waals surface area (Å²) in [6, 6.07) is 18.9. The van der Waals surface area contributed by atoms with Crippen molar-refractivity contribution < 1.29 is 0 Å². The molecular weight excluding hydrogens is 213 g/mol. The molecule has 16 heavy (non-hydrogen) atoms. The zero-order valence-corrected chi connectivity index (χ0v) is 10.5. The van der Waals surface area contributed by atoms with Gasteiger partial charge in [0.2, 0.25) is 0 Å². The van der Waals surface area contributed by atoms with Crippen LogP contribution in [0.2, 0.25) is 0 Å². The monoisotopic (exact) mass is 228 g/mol. The molecule has 0 amide bonds. The van der Waals surface area contributed by atoms with Crippen molar-refractivity contribution in [3.8, 4) is 11.1 Å². The Balaban J connectivity index is 0.00000128. The van der Waals surface area contributed by atoms with E-state index in [2.05, 4.69) is 67.5 Å². The maximum atomic E-state index is 2.16. The molecule has 0 saturated carbocycles. The molecule has 2 heteroatoms. The standard InChI is InChI=1S/C14H15N.P/c1-15(2)14-11-7-6-10-13(14)12-8-4-3-5-9-12;/h3-11H,1-2H3;. The fourth-order valence-corrected chi connectivity index (χ4v) is 1.73. The van der Waals surface area contributed by atoms with E-state index in [4.69, 9.17) is 0 Å². The Morgan fingerprint density at radius 3 is 1.94 bits per heavy atom. The molecule has 0 bridgehead atoms. The first kappa shape index (κ1) is 12.7. The molecule has 0 aromatic heterocycles. The topological polar surface area (TPSA) is 3.24 Å². The molecule has 0 unspecified atom stereocenters. The first-order chi connectivity index (χ1) is 7.29. The van der Waals surface area contributed by atoms with Gasteiger partial charge in [0.15, 0.2) is 0 Å². The van der Waals surface area contributed by atoms with Crippen molar-refractivity contribution in [1.82, 2.24) is 0 Å². The second-order valence-electron chi connectivity index (χ2n) is 3.78. The summed E-state index contributed by atoms with van der Waals surface area (Å²) < 4.78 is 0. The second kappa shape index (κ2) is 5.67. The van der Waals surface area contributed by atoms with Crippen LogP contribution < -0.4 is 4.90 Å². The normalized spacial score (nSPS) is 9.38. The van der Waals surface area contributed by atoms with Crippen molar-refractivity contribution >= 4 is 15.6 Å². The Labute approximate surface area is 101 Å². The molecule has 0 saturated heterocycles. The third-order valence-electron chi connectivity index (χ3n) is 2.47. The molecule has 0 aliphatic heterocycles. The van der Waals surface area contributed by atoms with Crippen LogP contribution >= 0.6 is 9.90 Å². The highest BCUT2D eigenvalue weighted by atomic mass is 31.0. The van der Waals surface area contributed by atoms with Crippen molar-refractivity contribution in [3.63, 3.8) is 0 Å². The number of para-hydroxylation sites is 1. The molecule has 0 aliphatic carbocycles. The average molecular weight is 228 g/mol. The first-order valence-electron chi connectivity index (χ1n) is 5.11. The van der Waals surface area contributed by atoms with Crippen LogP contribution in [-0.4, -0.2) is 14.1 Å². The van der Waals surface area contributed by atoms with Crippen molar-refractivity contribution in [2.24, 2.45) is 0 Å². The number of rotatable bonds is 2. The van der Waals surface area contributed by atoms with E-state index in [1.807, 2.05) is 6.07 Å². The highest BCUT2D eigenvalue weighted by molar-refractivity contribution is 6.92. The quantitative estimate of drug-likeness (QED) is 0.693. The van der Waals surface area contributed by atoms with Crippen molar-refractivity contribution in [2.45, 2.75) is 0 Å². The Bertz CT molecular complexity index is 437. The van der Waals surface area contributed by atoms with E-state index in [0.717, 1.165) is 0 Å². The van der Waals surface area contributed by atoms with Crippen LogP contribution in [0.25, 0.3) is 11.1 Å². The lowest BCUT2D eigenvalue weighted by molar-refractivity contribution is 1.13. The van der Waals surface area contributed by atoms with Gasteiger partial charge in [-0.25, -0.2) is 0 Å². The molecule has 3 radical (unpaired) electrons. The molecule has 2 aromatic rings. The minimum atomic E-state index is 0. The van der Waals surface area contributed by atoms with E-state index < -0.39 is 0 Å². The highest BCUT2D eigenvalue weighted by Gasteiger charge is 2.04. The number of benzene rings is 2. The highest BCUT2D eigenvalue weighted by Crippen LogP contribution is 2.28. The van der Waals surface area contributed by atoms with Gasteiger partial charge in [-0.05, 0) is 11.6 Å². The summed E-state index contributed by atoms with van der Waals surface area (Å²) in [6.45, 7) is 0. The minimum Gasteiger partial charge on any atom is -0.377 e. The zero-order chi connectivity index (χ0) is 10.7. The van der Waals surface area contributed by atoms with Gasteiger partial charge in [-0.3, -0.25) is 0 Å². The van der Waals surface area contributed by atoms with Gasteiger partial charge in [0.05, 0.1) is 0 Å². The third kappa shape index (κ3) is 2.62. The Hall–Kier alpha value is -1.33. The predicted molar refractivity (Wildman–Crippen MR) is 73.1 cm³/mol. The van der Waals surface area contributed by atoms with E-state index in [1.54, 1.807) is 0 Å². The fraction of sp³-hybridized carbons (Fsp3) is 0.143. The van der Waals surface area contributed by atoms with E-state index in [9.17, 15) is 0 Å². The molecule has 0 spiro atoms. The summed E-state index contributed by atoms with van der Waals surface area (Å²) in [5, 5.41) is 0. The molecule has 1 nitrogen and oxygen atoms in total. The number of anilines is 1. The van der Waals surface area contributed by atoms with Crippen molar-refractivity contribution in [3.05, 3.63) is 54.6 Å². The lowest BCUT2D eigenvalue weighted by Gasteiger charge is -2.17. The molecule has 2 rings (SSSR count). The average Bonchev–Trinajstić information content (AvgIpc) is 2.30. The summed E-state index contributed by atoms with van der Waals surface area (Å²) in [7, 11) is 4.14. The smallest absolute Gasteiger partial charge is 0.0440 e. The van der Waals surface area contributed by atoms with E-state index in [1.165, 1.54) is 16.8 Å². The van der Waals surface area contributed by atoms with Crippen LogP contribution in [0.4, 0.5) is 5.69 Å². The maximum absolute atomic E-state index is 2.16. The van der Waals surface area contributed by atoms with Crippen LogP contribution in [0, 0.1) is 0 Å². The number of hydrogen-bond acceptors (Lipinski definition) is 1. The van der Waals surface area contributed by atoms with E-state index >= 15 is 0 Å². The molecule has 0 aliphatic rings. The third-order valence-corrected chi connectivity index (χ3v) is 2.47. The molecule has 0 atom stereocenters. The fourth-order valence-electron chi connectivity index (χ4n) is 1.73. The van der Waals surface area contributed by atoms with Gasteiger partial charge in [0.25, 0.3) is 0 Å². The van der Waals surface area contributed by atoms with Gasteiger partial charge in [0, 0.05) is 35.2 Å². The van der Waals surface area contributed by atoms with Gasteiger partial charge < -0.3 is 4.90 Å². The van der Waals surface area contributed by atoms with E-state index in [-0.39, 0.29) is 9.90 Å². The van der Waals surface area contributed by atoms with Crippen molar-refractivity contribution in [2.75, 3.05) is 19.0 Å². The molecule has 2 aromatic carbocycles. The predicted octanol–water partition coefficient (Wildman–Crippen LogP) is 4.28. The zero-order valence-electron chi connectivity index (χ0n) is 9.59. The Kier molecular flexibility index (Phi) is 4.52. The second-order valence-corrected chi connectivity index (χ2v) is 3.78. The molecule has 0 N–H and O–H groups in total. The van der Waals surface area contributed by atoms with E-state index in [0.29, 0.717) is 0 Å². The summed E-state index contributed by atoms with van der Waals surface area (Å²) >= 11 is 0. The molecule has 0 heterocycles. The summed E-state index contributed by atoms with van der Waals surface area (Å²) in [5.74, 6) is 0. The maximum Gasteiger partial charge on any atom is 0.0440 e. The van der Waals surface area contributed by atoms with Crippen LogP contribution in [0.5, 0.6) is 0 Å². The van der Waals surface area contributed by atoms with Crippen molar-refractivity contribution in [1.29, 1.82) is 0 Å². The number of nitrogens with zero attached hydrogens (tertiary/aromatic N) is 1. The first-order valence-corrected chi connectivity index (χ1v) is 5.11. The summed E-state index contributed by atoms with van der Waals surface area (Å²) in [5.41, 5.74) is 3.80. The Morgan fingerprint density at radius 2 is 1.31 bits per heavy atom. The van der Waals surface area contributed by atoms with Gasteiger partial charge >= 0.3 is 0 Å². The molecule has 0 fully saturated rings. The lowest BCUT2D eigenvalue weighted by atomic mass is 10.0. The van der Waals surface area contributed by atoms with Gasteiger partial charge in [-0.2, -0.15) is 0 Å². The van der Waals surface area contributed by atoms with Gasteiger partial charge in [0.1, 0.15) is 0 Å². The van der Waals surface area contributed by atoms with Gasteiger partial charge in [-0.15, -0.1) is 0 Å². The van der Waals surface area contributed by atoms with Gasteiger partial charge in [-0.1, -0.05) is 48.5 Å². The molecular formula is C14H15NP. The van der Waals surface area contributed by atoms with Crippen LogP contribution in [0.1, 0.15) is 0 Å². The summed E-state index contributed by atoms with van der Waals surface area (Å²) in [4.78, 5) is 2.14. The number of hydrogen-bond donors (Lipinski definition) is 0. The molecule has 81 valence electrons. The SMILES string of the molecule is CN(C)c1ccccc1-c1ccccc1.[P]. The lowest BCUT2D eigenvalue weighted by Crippen LogP contribution is -2.09. The summed E-state index contributed by atoms with van der Waals surface area (Å²) in [6.07, 6.45) is 0. The van der Waals surface area contributed by atoms with Crippen LogP contribution in [-0.2, 0) is 0 Å².